The summed E-state index contributed by atoms with van der Waals surface area (Å²) in [6, 6.07) is 14.1. The first-order valence-corrected chi connectivity index (χ1v) is 11.7. The number of aromatic nitrogens is 2. The Balaban J connectivity index is 1.67. The van der Waals surface area contributed by atoms with E-state index in [4.69, 9.17) is 21.3 Å². The maximum atomic E-state index is 12.8. The molecule has 6 heteroatoms. The summed E-state index contributed by atoms with van der Waals surface area (Å²) in [6.07, 6.45) is 3.21. The average Bonchev–Trinajstić information content (AvgIpc) is 3.38. The summed E-state index contributed by atoms with van der Waals surface area (Å²) in [5.74, 6) is 1.22. The van der Waals surface area contributed by atoms with Crippen molar-refractivity contribution in [1.29, 1.82) is 0 Å². The maximum Gasteiger partial charge on any atom is 0.232 e. The van der Waals surface area contributed by atoms with Crippen LogP contribution in [0.4, 0.5) is 0 Å². The van der Waals surface area contributed by atoms with Gasteiger partial charge in [0.1, 0.15) is 5.82 Å². The predicted octanol–water partition coefficient (Wildman–Crippen LogP) is 5.38. The maximum absolute atomic E-state index is 12.8. The number of nitrogens with zero attached hydrogens (tertiary/aromatic N) is 1. The molecule has 3 aromatic rings. The SMILES string of the molecule is CCNC(=O)C(C)(COC)c1ccc2nc(CC(c3ccccc3Cl)C3(C)CC3)[nH]c2c1. The summed E-state index contributed by atoms with van der Waals surface area (Å²) in [4.78, 5) is 21.2. The van der Waals surface area contributed by atoms with Gasteiger partial charge in [-0.3, -0.25) is 4.79 Å². The number of halogens is 1. The fraction of sp³-hybridized carbons (Fsp3) is 0.462. The van der Waals surface area contributed by atoms with E-state index in [1.807, 2.05) is 44.2 Å². The molecule has 2 N–H and O–H groups in total. The van der Waals surface area contributed by atoms with Crippen LogP contribution in [0, 0.1) is 5.41 Å². The molecule has 1 aromatic heterocycles. The number of carbonyl (C=O) groups excluding carboxylic acids is 1. The fourth-order valence-corrected chi connectivity index (χ4v) is 4.92. The Morgan fingerprint density at radius 1 is 1.31 bits per heavy atom. The third-order valence-corrected chi connectivity index (χ3v) is 7.34. The topological polar surface area (TPSA) is 67.0 Å². The molecule has 4 rings (SSSR count). The van der Waals surface area contributed by atoms with Gasteiger partial charge in [0.2, 0.25) is 5.91 Å². The van der Waals surface area contributed by atoms with Crippen molar-refractivity contribution < 1.29 is 9.53 Å². The minimum absolute atomic E-state index is 0.0404. The van der Waals surface area contributed by atoms with Crippen molar-refractivity contribution in [2.75, 3.05) is 20.3 Å². The molecule has 1 aliphatic carbocycles. The first-order chi connectivity index (χ1) is 15.3. The Kier molecular flexibility index (Phi) is 6.33. The van der Waals surface area contributed by atoms with Crippen LogP contribution in [-0.4, -0.2) is 36.1 Å². The second-order valence-electron chi connectivity index (χ2n) is 9.47. The van der Waals surface area contributed by atoms with Crippen molar-refractivity contribution in [2.24, 2.45) is 5.41 Å². The predicted molar refractivity (Wildman–Crippen MR) is 129 cm³/mol. The zero-order valence-corrected chi connectivity index (χ0v) is 20.1. The number of ether oxygens (including phenoxy) is 1. The van der Waals surface area contributed by atoms with Crippen molar-refractivity contribution in [3.8, 4) is 0 Å². The van der Waals surface area contributed by atoms with Gasteiger partial charge in [0.15, 0.2) is 0 Å². The highest BCUT2D eigenvalue weighted by atomic mass is 35.5. The molecule has 1 fully saturated rings. The number of rotatable bonds is 9. The number of benzene rings is 2. The van der Waals surface area contributed by atoms with E-state index in [1.54, 1.807) is 7.11 Å². The number of likely N-dealkylation sites (N-methyl/N-ethyl adjacent to an activating group) is 1. The van der Waals surface area contributed by atoms with E-state index in [0.717, 1.165) is 33.9 Å². The summed E-state index contributed by atoms with van der Waals surface area (Å²) < 4.78 is 5.40. The average molecular weight is 454 g/mol. The van der Waals surface area contributed by atoms with Crippen molar-refractivity contribution in [1.82, 2.24) is 15.3 Å². The molecule has 170 valence electrons. The summed E-state index contributed by atoms with van der Waals surface area (Å²) in [5, 5.41) is 3.76. The van der Waals surface area contributed by atoms with Gasteiger partial charge in [-0.25, -0.2) is 4.98 Å². The highest BCUT2D eigenvalue weighted by Crippen LogP contribution is 2.57. The molecule has 1 saturated carbocycles. The van der Waals surface area contributed by atoms with Gasteiger partial charge in [-0.05, 0) is 67.3 Å². The zero-order valence-electron chi connectivity index (χ0n) is 19.3. The van der Waals surface area contributed by atoms with Crippen LogP contribution in [0.1, 0.15) is 56.5 Å². The molecule has 1 aliphatic rings. The van der Waals surface area contributed by atoms with E-state index in [9.17, 15) is 4.79 Å². The number of methoxy groups -OCH3 is 1. The van der Waals surface area contributed by atoms with E-state index in [0.29, 0.717) is 19.1 Å². The van der Waals surface area contributed by atoms with Gasteiger partial charge in [-0.1, -0.05) is 42.8 Å². The highest BCUT2D eigenvalue weighted by Gasteiger charge is 2.46. The van der Waals surface area contributed by atoms with Crippen LogP contribution in [0.15, 0.2) is 42.5 Å². The monoisotopic (exact) mass is 453 g/mol. The van der Waals surface area contributed by atoms with Crippen LogP contribution in [-0.2, 0) is 21.4 Å². The van der Waals surface area contributed by atoms with Crippen LogP contribution in [0.25, 0.3) is 11.0 Å². The summed E-state index contributed by atoms with van der Waals surface area (Å²) >= 11 is 6.57. The molecule has 0 aliphatic heterocycles. The van der Waals surface area contributed by atoms with Crippen LogP contribution < -0.4 is 5.32 Å². The van der Waals surface area contributed by atoms with Gasteiger partial charge in [0, 0.05) is 25.1 Å². The Morgan fingerprint density at radius 3 is 2.72 bits per heavy atom. The first kappa shape index (κ1) is 22.8. The summed E-state index contributed by atoms with van der Waals surface area (Å²) in [5.41, 5.74) is 3.42. The number of amides is 1. The Labute approximate surface area is 194 Å². The van der Waals surface area contributed by atoms with Gasteiger partial charge in [0.25, 0.3) is 0 Å². The van der Waals surface area contributed by atoms with Crippen LogP contribution >= 0.6 is 11.6 Å². The molecular formula is C26H32ClN3O2. The smallest absolute Gasteiger partial charge is 0.232 e. The number of imidazole rings is 1. The van der Waals surface area contributed by atoms with Gasteiger partial charge in [-0.2, -0.15) is 0 Å². The van der Waals surface area contributed by atoms with Gasteiger partial charge >= 0.3 is 0 Å². The number of hydrogen-bond acceptors (Lipinski definition) is 3. The largest absolute Gasteiger partial charge is 0.383 e. The second kappa shape index (κ2) is 8.87. The number of nitrogens with one attached hydrogen (secondary N) is 2. The fourth-order valence-electron chi connectivity index (χ4n) is 4.66. The van der Waals surface area contributed by atoms with E-state index < -0.39 is 5.41 Å². The Morgan fingerprint density at radius 2 is 2.06 bits per heavy atom. The van der Waals surface area contributed by atoms with Gasteiger partial charge in [0.05, 0.1) is 23.1 Å². The molecule has 0 saturated heterocycles. The molecule has 2 atom stereocenters. The normalized spacial score (nSPS) is 17.7. The van der Waals surface area contributed by atoms with E-state index >= 15 is 0 Å². The number of aromatic amines is 1. The molecule has 1 heterocycles. The lowest BCUT2D eigenvalue weighted by atomic mass is 9.82. The third kappa shape index (κ3) is 4.28. The molecule has 0 spiro atoms. The minimum atomic E-state index is -0.772. The molecule has 5 nitrogen and oxygen atoms in total. The molecule has 2 unspecified atom stereocenters. The first-order valence-electron chi connectivity index (χ1n) is 11.3. The third-order valence-electron chi connectivity index (χ3n) is 7.00. The van der Waals surface area contributed by atoms with E-state index in [2.05, 4.69) is 29.4 Å². The number of carbonyl (C=O) groups is 1. The molecule has 1 amide bonds. The van der Waals surface area contributed by atoms with Gasteiger partial charge < -0.3 is 15.0 Å². The number of fused-ring (bicyclic) bond motifs is 1. The van der Waals surface area contributed by atoms with Crippen molar-refractivity contribution >= 4 is 28.5 Å². The lowest BCUT2D eigenvalue weighted by molar-refractivity contribution is -0.128. The second-order valence-corrected chi connectivity index (χ2v) is 9.88. The van der Waals surface area contributed by atoms with Crippen LogP contribution in [0.5, 0.6) is 0 Å². The number of H-pyrrole nitrogens is 1. The van der Waals surface area contributed by atoms with Crippen LogP contribution in [0.3, 0.4) is 0 Å². The lowest BCUT2D eigenvalue weighted by Crippen LogP contribution is -2.45. The van der Waals surface area contributed by atoms with Crippen molar-refractivity contribution in [3.05, 3.63) is 64.4 Å². The zero-order chi connectivity index (χ0) is 22.9. The molecule has 0 bridgehead atoms. The molecule has 0 radical (unpaired) electrons. The molecule has 32 heavy (non-hydrogen) atoms. The Bertz CT molecular complexity index is 1120. The minimum Gasteiger partial charge on any atom is -0.383 e. The van der Waals surface area contributed by atoms with E-state index in [1.165, 1.54) is 18.4 Å². The lowest BCUT2D eigenvalue weighted by Gasteiger charge is -2.28. The number of hydrogen-bond donors (Lipinski definition) is 2. The summed E-state index contributed by atoms with van der Waals surface area (Å²) in [7, 11) is 1.62. The van der Waals surface area contributed by atoms with Crippen LogP contribution in [0.2, 0.25) is 5.02 Å². The standard InChI is InChI=1S/C26H32ClN3O2/c1-5-28-24(31)26(3,16-32-4)17-10-11-21-22(14-17)30-23(29-21)15-19(25(2)12-13-25)18-8-6-7-9-20(18)27/h6-11,14,19H,5,12-13,15-16H2,1-4H3,(H,28,31)(H,29,30). The van der Waals surface area contributed by atoms with Crippen molar-refractivity contribution in [3.63, 3.8) is 0 Å². The van der Waals surface area contributed by atoms with E-state index in [-0.39, 0.29) is 11.3 Å². The molecule has 2 aromatic carbocycles. The Hall–Kier alpha value is -2.37. The molecular weight excluding hydrogens is 422 g/mol. The summed E-state index contributed by atoms with van der Waals surface area (Å²) in [6.45, 7) is 7.06. The quantitative estimate of drug-likeness (QED) is 0.457. The van der Waals surface area contributed by atoms with Crippen molar-refractivity contribution in [2.45, 2.75) is 51.4 Å². The van der Waals surface area contributed by atoms with Gasteiger partial charge in [-0.15, -0.1) is 0 Å². The highest BCUT2D eigenvalue weighted by molar-refractivity contribution is 6.31.